The second kappa shape index (κ2) is 7.37. The van der Waals surface area contributed by atoms with E-state index in [0.717, 1.165) is 11.1 Å². The van der Waals surface area contributed by atoms with Gasteiger partial charge in [0, 0.05) is 13.1 Å². The summed E-state index contributed by atoms with van der Waals surface area (Å²) in [6.07, 6.45) is 0. The van der Waals surface area contributed by atoms with Crippen LogP contribution in [0.2, 0.25) is 0 Å². The Morgan fingerprint density at radius 1 is 1.08 bits per heavy atom. The van der Waals surface area contributed by atoms with Crippen LogP contribution < -0.4 is 0 Å². The van der Waals surface area contributed by atoms with Gasteiger partial charge in [0.05, 0.1) is 17.6 Å². The normalized spacial score (nSPS) is 12.9. The smallest absolute Gasteiger partial charge is 0.337 e. The van der Waals surface area contributed by atoms with Crippen LogP contribution in [0.5, 0.6) is 0 Å². The summed E-state index contributed by atoms with van der Waals surface area (Å²) in [5, 5.41) is 0. The van der Waals surface area contributed by atoms with E-state index in [0.29, 0.717) is 11.1 Å². The SMILES string of the molecule is COC(=O)c1ccc(S(=O)(=O)N(C)C(C)c2ccc(C)cc2)c(C)c1. The van der Waals surface area contributed by atoms with Gasteiger partial charge in [0.2, 0.25) is 10.0 Å². The van der Waals surface area contributed by atoms with Gasteiger partial charge >= 0.3 is 5.97 Å². The molecule has 6 heteroatoms. The first-order chi connectivity index (χ1) is 11.7. The molecule has 0 aliphatic rings. The van der Waals surface area contributed by atoms with E-state index in [2.05, 4.69) is 4.74 Å². The van der Waals surface area contributed by atoms with E-state index in [1.165, 1.54) is 29.6 Å². The molecule has 0 aromatic heterocycles. The molecule has 25 heavy (non-hydrogen) atoms. The highest BCUT2D eigenvalue weighted by molar-refractivity contribution is 7.89. The Morgan fingerprint density at radius 3 is 2.20 bits per heavy atom. The van der Waals surface area contributed by atoms with Crippen molar-refractivity contribution < 1.29 is 17.9 Å². The van der Waals surface area contributed by atoms with Gasteiger partial charge < -0.3 is 4.74 Å². The fourth-order valence-corrected chi connectivity index (χ4v) is 4.16. The van der Waals surface area contributed by atoms with Crippen molar-refractivity contribution in [2.75, 3.05) is 14.2 Å². The lowest BCUT2D eigenvalue weighted by molar-refractivity contribution is 0.0600. The molecular weight excluding hydrogens is 338 g/mol. The van der Waals surface area contributed by atoms with Crippen LogP contribution in [-0.4, -0.2) is 32.8 Å². The fourth-order valence-electron chi connectivity index (χ4n) is 2.60. The zero-order chi connectivity index (χ0) is 18.8. The molecule has 0 saturated heterocycles. The lowest BCUT2D eigenvalue weighted by Crippen LogP contribution is -2.30. The Balaban J connectivity index is 2.37. The number of rotatable bonds is 5. The van der Waals surface area contributed by atoms with Gasteiger partial charge in [0.15, 0.2) is 0 Å². The maximum atomic E-state index is 13.0. The van der Waals surface area contributed by atoms with Crippen molar-refractivity contribution >= 4 is 16.0 Å². The van der Waals surface area contributed by atoms with Crippen molar-refractivity contribution in [2.45, 2.75) is 31.7 Å². The summed E-state index contributed by atoms with van der Waals surface area (Å²) >= 11 is 0. The first-order valence-electron chi connectivity index (χ1n) is 7.92. The van der Waals surface area contributed by atoms with E-state index in [1.807, 2.05) is 38.1 Å². The van der Waals surface area contributed by atoms with Crippen LogP contribution in [0.4, 0.5) is 0 Å². The molecule has 2 rings (SSSR count). The van der Waals surface area contributed by atoms with Crippen LogP contribution in [0, 0.1) is 13.8 Å². The van der Waals surface area contributed by atoms with Gasteiger partial charge in [-0.3, -0.25) is 0 Å². The zero-order valence-electron chi connectivity index (χ0n) is 15.1. The number of carbonyl (C=O) groups is 1. The molecular formula is C19H23NO4S. The van der Waals surface area contributed by atoms with Crippen molar-refractivity contribution in [1.82, 2.24) is 4.31 Å². The number of carbonyl (C=O) groups excluding carboxylic acids is 1. The van der Waals surface area contributed by atoms with Crippen LogP contribution in [0.3, 0.4) is 0 Å². The quantitative estimate of drug-likeness (QED) is 0.765. The minimum Gasteiger partial charge on any atom is -0.465 e. The highest BCUT2D eigenvalue weighted by atomic mass is 32.2. The first kappa shape index (κ1) is 19.1. The third kappa shape index (κ3) is 3.91. The van der Waals surface area contributed by atoms with Crippen molar-refractivity contribution in [2.24, 2.45) is 0 Å². The van der Waals surface area contributed by atoms with E-state index >= 15 is 0 Å². The van der Waals surface area contributed by atoms with E-state index in [1.54, 1.807) is 14.0 Å². The highest BCUT2D eigenvalue weighted by Crippen LogP contribution is 2.28. The highest BCUT2D eigenvalue weighted by Gasteiger charge is 2.28. The molecule has 0 heterocycles. The lowest BCUT2D eigenvalue weighted by Gasteiger charge is -2.25. The van der Waals surface area contributed by atoms with Gasteiger partial charge in [-0.1, -0.05) is 29.8 Å². The molecule has 1 atom stereocenters. The summed E-state index contributed by atoms with van der Waals surface area (Å²) in [5.41, 5.74) is 2.87. The molecule has 0 bridgehead atoms. The number of aryl methyl sites for hydroxylation is 2. The Hall–Kier alpha value is -2.18. The van der Waals surface area contributed by atoms with Crippen molar-refractivity contribution in [3.63, 3.8) is 0 Å². The average molecular weight is 361 g/mol. The minimum atomic E-state index is -3.70. The number of hydrogen-bond acceptors (Lipinski definition) is 4. The first-order valence-corrected chi connectivity index (χ1v) is 9.36. The molecule has 0 amide bonds. The molecule has 0 aliphatic heterocycles. The van der Waals surface area contributed by atoms with Crippen molar-refractivity contribution in [1.29, 1.82) is 0 Å². The molecule has 0 fully saturated rings. The Bertz CT molecular complexity index is 873. The van der Waals surface area contributed by atoms with Crippen LogP contribution in [0.1, 0.15) is 40.0 Å². The van der Waals surface area contributed by atoms with Crippen LogP contribution in [0.15, 0.2) is 47.4 Å². The molecule has 0 radical (unpaired) electrons. The fraction of sp³-hybridized carbons (Fsp3) is 0.316. The van der Waals surface area contributed by atoms with Gasteiger partial charge in [-0.05, 0) is 50.1 Å². The number of sulfonamides is 1. The van der Waals surface area contributed by atoms with Crippen LogP contribution in [0.25, 0.3) is 0 Å². The predicted octanol–water partition coefficient (Wildman–Crippen LogP) is 3.47. The number of hydrogen-bond donors (Lipinski definition) is 0. The van der Waals surface area contributed by atoms with Gasteiger partial charge in [-0.15, -0.1) is 0 Å². The zero-order valence-corrected chi connectivity index (χ0v) is 15.9. The molecule has 5 nitrogen and oxygen atoms in total. The van der Waals surface area contributed by atoms with E-state index < -0.39 is 16.0 Å². The molecule has 134 valence electrons. The molecule has 0 spiro atoms. The third-order valence-corrected chi connectivity index (χ3v) is 6.45. The number of esters is 1. The second-order valence-electron chi connectivity index (χ2n) is 6.08. The van der Waals surface area contributed by atoms with Crippen molar-refractivity contribution in [3.05, 3.63) is 64.7 Å². The van der Waals surface area contributed by atoms with Crippen molar-refractivity contribution in [3.8, 4) is 0 Å². The molecule has 0 N–H and O–H groups in total. The van der Waals surface area contributed by atoms with Crippen LogP contribution >= 0.6 is 0 Å². The molecule has 0 saturated carbocycles. The standard InChI is InChI=1S/C19H23NO4S/c1-13-6-8-16(9-7-13)15(3)20(4)25(22,23)18-11-10-17(12-14(18)2)19(21)24-5/h6-12,15H,1-5H3. The van der Waals surface area contributed by atoms with Gasteiger partial charge in [-0.25, -0.2) is 13.2 Å². The van der Waals surface area contributed by atoms with Gasteiger partial charge in [-0.2, -0.15) is 4.31 Å². The summed E-state index contributed by atoms with van der Waals surface area (Å²) in [7, 11) is -0.841. The summed E-state index contributed by atoms with van der Waals surface area (Å²) in [4.78, 5) is 11.8. The Labute approximate surface area is 149 Å². The van der Waals surface area contributed by atoms with E-state index in [-0.39, 0.29) is 10.9 Å². The number of benzene rings is 2. The monoisotopic (exact) mass is 361 g/mol. The maximum absolute atomic E-state index is 13.0. The maximum Gasteiger partial charge on any atom is 0.337 e. The van der Waals surface area contributed by atoms with E-state index in [9.17, 15) is 13.2 Å². The number of nitrogens with zero attached hydrogens (tertiary/aromatic N) is 1. The number of methoxy groups -OCH3 is 1. The lowest BCUT2D eigenvalue weighted by atomic mass is 10.1. The summed E-state index contributed by atoms with van der Waals surface area (Å²) < 4.78 is 32.0. The summed E-state index contributed by atoms with van der Waals surface area (Å²) in [6, 6.07) is 11.9. The van der Waals surface area contributed by atoms with E-state index in [4.69, 9.17) is 0 Å². The molecule has 1 unspecified atom stereocenters. The second-order valence-corrected chi connectivity index (χ2v) is 8.05. The predicted molar refractivity (Wildman–Crippen MR) is 97.1 cm³/mol. The minimum absolute atomic E-state index is 0.182. The average Bonchev–Trinajstić information content (AvgIpc) is 2.60. The third-order valence-electron chi connectivity index (χ3n) is 4.36. The van der Waals surface area contributed by atoms with Gasteiger partial charge in [0.25, 0.3) is 0 Å². The summed E-state index contributed by atoms with van der Waals surface area (Å²) in [6.45, 7) is 5.51. The Kier molecular flexibility index (Phi) is 5.65. The Morgan fingerprint density at radius 2 is 1.68 bits per heavy atom. The largest absolute Gasteiger partial charge is 0.465 e. The van der Waals surface area contributed by atoms with Crippen LogP contribution in [-0.2, 0) is 14.8 Å². The molecule has 0 aliphatic carbocycles. The number of ether oxygens (including phenoxy) is 1. The summed E-state index contributed by atoms with van der Waals surface area (Å²) in [5.74, 6) is -0.492. The molecule has 2 aromatic rings. The topological polar surface area (TPSA) is 63.7 Å². The molecule has 2 aromatic carbocycles. The van der Waals surface area contributed by atoms with Gasteiger partial charge in [0.1, 0.15) is 0 Å².